The van der Waals surface area contributed by atoms with Gasteiger partial charge in [-0.05, 0) is 36.2 Å². The molecule has 0 unspecified atom stereocenters. The Morgan fingerprint density at radius 1 is 1.07 bits per heavy atom. The fourth-order valence-corrected chi connectivity index (χ4v) is 2.57. The van der Waals surface area contributed by atoms with Gasteiger partial charge in [-0.1, -0.05) is 30.3 Å². The van der Waals surface area contributed by atoms with Crippen molar-refractivity contribution in [3.05, 3.63) is 71.7 Å². The van der Waals surface area contributed by atoms with E-state index in [1.807, 2.05) is 18.2 Å². The van der Waals surface area contributed by atoms with Crippen molar-refractivity contribution < 1.29 is 18.7 Å². The van der Waals surface area contributed by atoms with Crippen LogP contribution in [-0.2, 0) is 11.2 Å². The Kier molecular flexibility index (Phi) is 5.61. The molecule has 0 spiro atoms. The topological polar surface area (TPSA) is 80.3 Å². The van der Waals surface area contributed by atoms with E-state index in [2.05, 4.69) is 15.8 Å². The lowest BCUT2D eigenvalue weighted by molar-refractivity contribution is -0.121. The summed E-state index contributed by atoms with van der Waals surface area (Å²) in [7, 11) is 1.39. The van der Waals surface area contributed by atoms with Gasteiger partial charge in [0.05, 0.1) is 12.6 Å². The Labute approximate surface area is 155 Å². The van der Waals surface area contributed by atoms with Crippen LogP contribution in [0, 0.1) is 5.82 Å². The third-order valence-electron chi connectivity index (χ3n) is 4.00. The Hall–Kier alpha value is -3.48. The second-order valence-corrected chi connectivity index (χ2v) is 5.86. The van der Waals surface area contributed by atoms with Crippen molar-refractivity contribution in [2.45, 2.75) is 12.8 Å². The van der Waals surface area contributed by atoms with Gasteiger partial charge in [-0.25, -0.2) is 9.37 Å². The molecule has 3 rings (SSSR count). The first kappa shape index (κ1) is 18.3. The summed E-state index contributed by atoms with van der Waals surface area (Å²) in [5.41, 5.74) is 6.22. The van der Waals surface area contributed by atoms with Crippen molar-refractivity contribution in [2.75, 3.05) is 7.11 Å². The van der Waals surface area contributed by atoms with E-state index >= 15 is 0 Å². The summed E-state index contributed by atoms with van der Waals surface area (Å²) in [6.45, 7) is 0. The molecule has 3 aromatic rings. The smallest absolute Gasteiger partial charge is 0.288 e. The molecule has 2 aromatic carbocycles. The molecule has 138 valence electrons. The number of amides is 2. The summed E-state index contributed by atoms with van der Waals surface area (Å²) < 4.78 is 18.5. The number of para-hydroxylation sites is 1. The lowest BCUT2D eigenvalue weighted by Crippen LogP contribution is -2.42. The number of hydrogen-bond donors (Lipinski definition) is 2. The van der Waals surface area contributed by atoms with E-state index < -0.39 is 11.7 Å². The van der Waals surface area contributed by atoms with E-state index in [1.165, 1.54) is 19.2 Å². The number of fused-ring (bicyclic) bond motifs is 1. The van der Waals surface area contributed by atoms with Gasteiger partial charge in [0.25, 0.3) is 5.91 Å². The number of nitrogens with one attached hydrogen (secondary N) is 2. The summed E-state index contributed by atoms with van der Waals surface area (Å²) in [6.07, 6.45) is 0.425. The van der Waals surface area contributed by atoms with E-state index in [9.17, 15) is 14.0 Å². The molecule has 0 saturated carbocycles. The SMILES string of the molecule is COc1ccc(CCC(=O)NNC(=O)c2ccc3ccccc3n2)cc1F. The van der Waals surface area contributed by atoms with E-state index in [1.54, 1.807) is 24.3 Å². The van der Waals surface area contributed by atoms with Crippen LogP contribution < -0.4 is 15.6 Å². The molecule has 0 aliphatic carbocycles. The zero-order valence-corrected chi connectivity index (χ0v) is 14.7. The summed E-state index contributed by atoms with van der Waals surface area (Å²) in [5, 5.41) is 0.921. The normalized spacial score (nSPS) is 10.4. The predicted molar refractivity (Wildman–Crippen MR) is 98.6 cm³/mol. The van der Waals surface area contributed by atoms with Crippen molar-refractivity contribution in [1.29, 1.82) is 0 Å². The number of hydrogen-bond acceptors (Lipinski definition) is 4. The van der Waals surface area contributed by atoms with E-state index in [4.69, 9.17) is 4.74 Å². The van der Waals surface area contributed by atoms with Crippen LogP contribution in [0.3, 0.4) is 0 Å². The Balaban J connectivity index is 1.52. The number of carbonyl (C=O) groups is 2. The van der Waals surface area contributed by atoms with Crippen LogP contribution in [0.5, 0.6) is 5.75 Å². The number of pyridine rings is 1. The number of aryl methyl sites for hydroxylation is 1. The van der Waals surface area contributed by atoms with Gasteiger partial charge in [-0.2, -0.15) is 0 Å². The molecule has 7 heteroatoms. The standard InChI is InChI=1S/C20H18FN3O3/c1-27-18-10-6-13(12-15(18)21)7-11-19(25)23-24-20(26)17-9-8-14-4-2-3-5-16(14)22-17/h2-6,8-10,12H,7,11H2,1H3,(H,23,25)(H,24,26). The quantitative estimate of drug-likeness (QED) is 0.680. The zero-order chi connectivity index (χ0) is 19.2. The van der Waals surface area contributed by atoms with Gasteiger partial charge in [0.15, 0.2) is 11.6 Å². The lowest BCUT2D eigenvalue weighted by Gasteiger charge is -2.08. The predicted octanol–water partition coefficient (Wildman–Crippen LogP) is 2.78. The maximum Gasteiger partial charge on any atom is 0.288 e. The number of hydrazine groups is 1. The highest BCUT2D eigenvalue weighted by Gasteiger charge is 2.10. The first-order chi connectivity index (χ1) is 13.1. The molecule has 1 heterocycles. The second-order valence-electron chi connectivity index (χ2n) is 5.86. The van der Waals surface area contributed by atoms with Crippen LogP contribution in [-0.4, -0.2) is 23.9 Å². The van der Waals surface area contributed by atoms with Crippen LogP contribution in [0.4, 0.5) is 4.39 Å². The van der Waals surface area contributed by atoms with Gasteiger partial charge in [-0.3, -0.25) is 20.4 Å². The van der Waals surface area contributed by atoms with Gasteiger partial charge in [0.1, 0.15) is 5.69 Å². The fourth-order valence-electron chi connectivity index (χ4n) is 2.57. The van der Waals surface area contributed by atoms with Gasteiger partial charge in [-0.15, -0.1) is 0 Å². The number of methoxy groups -OCH3 is 1. The molecule has 0 saturated heterocycles. The van der Waals surface area contributed by atoms with Gasteiger partial charge in [0.2, 0.25) is 5.91 Å². The molecular formula is C20H18FN3O3. The van der Waals surface area contributed by atoms with E-state index in [0.29, 0.717) is 17.5 Å². The maximum absolute atomic E-state index is 13.6. The maximum atomic E-state index is 13.6. The minimum atomic E-state index is -0.510. The number of halogens is 1. The Morgan fingerprint density at radius 3 is 2.67 bits per heavy atom. The molecule has 0 radical (unpaired) electrons. The highest BCUT2D eigenvalue weighted by Crippen LogP contribution is 2.18. The molecule has 0 atom stereocenters. The second kappa shape index (κ2) is 8.27. The largest absolute Gasteiger partial charge is 0.494 e. The molecule has 1 aromatic heterocycles. The number of carbonyl (C=O) groups excluding carboxylic acids is 2. The minimum absolute atomic E-state index is 0.0944. The number of aromatic nitrogens is 1. The van der Waals surface area contributed by atoms with Crippen molar-refractivity contribution >= 4 is 22.7 Å². The van der Waals surface area contributed by atoms with E-state index in [-0.39, 0.29) is 23.8 Å². The van der Waals surface area contributed by atoms with Crippen molar-refractivity contribution in [3.8, 4) is 5.75 Å². The summed E-state index contributed by atoms with van der Waals surface area (Å²) in [6, 6.07) is 15.3. The number of ether oxygens (including phenoxy) is 1. The third-order valence-corrected chi connectivity index (χ3v) is 4.00. The van der Waals surface area contributed by atoms with Crippen LogP contribution >= 0.6 is 0 Å². The molecule has 2 amide bonds. The zero-order valence-electron chi connectivity index (χ0n) is 14.7. The average molecular weight is 367 g/mol. The van der Waals surface area contributed by atoms with E-state index in [0.717, 1.165) is 5.39 Å². The van der Waals surface area contributed by atoms with Crippen molar-refractivity contribution in [3.63, 3.8) is 0 Å². The monoisotopic (exact) mass is 367 g/mol. The highest BCUT2D eigenvalue weighted by atomic mass is 19.1. The number of rotatable bonds is 5. The first-order valence-electron chi connectivity index (χ1n) is 8.34. The molecule has 0 aliphatic rings. The van der Waals surface area contributed by atoms with Crippen LogP contribution in [0.2, 0.25) is 0 Å². The van der Waals surface area contributed by atoms with Gasteiger partial charge >= 0.3 is 0 Å². The molecule has 27 heavy (non-hydrogen) atoms. The molecular weight excluding hydrogens is 349 g/mol. The number of nitrogens with zero attached hydrogens (tertiary/aromatic N) is 1. The molecule has 2 N–H and O–H groups in total. The summed E-state index contributed by atoms with van der Waals surface area (Å²) in [4.78, 5) is 28.3. The third kappa shape index (κ3) is 4.58. The minimum Gasteiger partial charge on any atom is -0.494 e. The number of benzene rings is 2. The van der Waals surface area contributed by atoms with Gasteiger partial charge < -0.3 is 4.74 Å². The first-order valence-corrected chi connectivity index (χ1v) is 8.34. The average Bonchev–Trinajstić information content (AvgIpc) is 2.70. The van der Waals surface area contributed by atoms with Crippen molar-refractivity contribution in [1.82, 2.24) is 15.8 Å². The Bertz CT molecular complexity index is 991. The molecule has 0 fully saturated rings. The van der Waals surface area contributed by atoms with Crippen LogP contribution in [0.1, 0.15) is 22.5 Å². The molecule has 0 aliphatic heterocycles. The summed E-state index contributed by atoms with van der Waals surface area (Å²) >= 11 is 0. The summed E-state index contributed by atoms with van der Waals surface area (Å²) in [5.74, 6) is -1.23. The molecule has 0 bridgehead atoms. The lowest BCUT2D eigenvalue weighted by atomic mass is 10.1. The Morgan fingerprint density at radius 2 is 1.89 bits per heavy atom. The van der Waals surface area contributed by atoms with Gasteiger partial charge in [0, 0.05) is 11.8 Å². The fraction of sp³-hybridized carbons (Fsp3) is 0.150. The molecule has 6 nitrogen and oxygen atoms in total. The van der Waals surface area contributed by atoms with Crippen LogP contribution in [0.25, 0.3) is 10.9 Å². The van der Waals surface area contributed by atoms with Crippen LogP contribution in [0.15, 0.2) is 54.6 Å². The highest BCUT2D eigenvalue weighted by molar-refractivity contribution is 5.95. The van der Waals surface area contributed by atoms with Crippen molar-refractivity contribution in [2.24, 2.45) is 0 Å².